The maximum absolute atomic E-state index is 13.2. The van der Waals surface area contributed by atoms with E-state index in [1.807, 2.05) is 38.1 Å². The summed E-state index contributed by atoms with van der Waals surface area (Å²) in [6.07, 6.45) is 2.76. The molecule has 0 saturated heterocycles. The molecule has 4 rings (SSSR count). The Balaban J connectivity index is 0.000000532. The van der Waals surface area contributed by atoms with E-state index in [-0.39, 0.29) is 0 Å². The number of thiazole rings is 1. The SMILES string of the molecule is COc1ccc(-c2sc(NC3CCCCC3)nc2C)cc1S(=O)Nc1cnc(Cl)c(C)c1.O=C(O)C(F)(F)F. The molecule has 2 heterocycles. The maximum atomic E-state index is 13.2. The normalized spacial score (nSPS) is 14.6. The molecule has 0 aliphatic heterocycles. The highest BCUT2D eigenvalue weighted by Crippen LogP contribution is 2.37. The van der Waals surface area contributed by atoms with Gasteiger partial charge in [-0.3, -0.25) is 4.72 Å². The predicted molar refractivity (Wildman–Crippen MR) is 147 cm³/mol. The van der Waals surface area contributed by atoms with Crippen molar-refractivity contribution >= 4 is 50.7 Å². The summed E-state index contributed by atoms with van der Waals surface area (Å²) in [5.74, 6) is -2.20. The number of halogens is 4. The van der Waals surface area contributed by atoms with E-state index in [0.29, 0.717) is 27.5 Å². The maximum Gasteiger partial charge on any atom is 0.490 e. The number of benzene rings is 1. The molecule has 1 aromatic carbocycles. The van der Waals surface area contributed by atoms with Gasteiger partial charge in [0.15, 0.2) is 16.1 Å². The fourth-order valence-electron chi connectivity index (χ4n) is 3.89. The van der Waals surface area contributed by atoms with Gasteiger partial charge in [0.1, 0.15) is 15.8 Å². The van der Waals surface area contributed by atoms with Gasteiger partial charge in [0.05, 0.1) is 29.6 Å². The van der Waals surface area contributed by atoms with E-state index in [9.17, 15) is 17.4 Å². The first-order chi connectivity index (χ1) is 18.4. The van der Waals surface area contributed by atoms with Crippen LogP contribution in [0, 0.1) is 13.8 Å². The van der Waals surface area contributed by atoms with E-state index in [1.165, 1.54) is 32.1 Å². The fraction of sp³-hybridized carbons (Fsp3) is 0.400. The van der Waals surface area contributed by atoms with E-state index < -0.39 is 23.1 Å². The first kappa shape index (κ1) is 30.6. The van der Waals surface area contributed by atoms with Crippen LogP contribution in [-0.4, -0.2) is 44.6 Å². The minimum Gasteiger partial charge on any atom is -0.495 e. The van der Waals surface area contributed by atoms with Crippen molar-refractivity contribution in [1.29, 1.82) is 0 Å². The molecule has 1 unspecified atom stereocenters. The standard InChI is InChI=1S/C23H27ClN4O2S2.C2HF3O2/c1-14-11-18(13-25-22(14)24)28-32(29)20-12-16(9-10-19(20)30-3)21-15(2)26-23(31-21)27-17-7-5-4-6-8-17;3-2(4,5)1(6)7/h9-13,17,28H,4-8H2,1-3H3,(H,26,27);(H,6,7). The van der Waals surface area contributed by atoms with Gasteiger partial charge in [-0.25, -0.2) is 19.0 Å². The minimum atomic E-state index is -5.08. The molecule has 1 aliphatic carbocycles. The van der Waals surface area contributed by atoms with Gasteiger partial charge in [-0.15, -0.1) is 0 Å². The smallest absolute Gasteiger partial charge is 0.490 e. The summed E-state index contributed by atoms with van der Waals surface area (Å²) in [6.45, 7) is 3.87. The summed E-state index contributed by atoms with van der Waals surface area (Å²) in [6, 6.07) is 8.06. The number of aliphatic carboxylic acids is 1. The second-order valence-corrected chi connectivity index (χ2v) is 11.3. The van der Waals surface area contributed by atoms with Gasteiger partial charge in [-0.2, -0.15) is 13.2 Å². The number of nitrogens with zero attached hydrogens (tertiary/aromatic N) is 2. The third-order valence-corrected chi connectivity index (χ3v) is 8.50. The fourth-order valence-corrected chi connectivity index (χ4v) is 6.03. The number of rotatable bonds is 7. The van der Waals surface area contributed by atoms with E-state index in [4.69, 9.17) is 31.2 Å². The largest absolute Gasteiger partial charge is 0.495 e. The summed E-state index contributed by atoms with van der Waals surface area (Å²) < 4.78 is 53.4. The number of aromatic nitrogens is 2. The number of hydrogen-bond acceptors (Lipinski definition) is 7. The Kier molecular flexibility index (Phi) is 10.6. The van der Waals surface area contributed by atoms with Crippen LogP contribution in [0.3, 0.4) is 0 Å². The van der Waals surface area contributed by atoms with Crippen LogP contribution in [0.2, 0.25) is 5.15 Å². The lowest BCUT2D eigenvalue weighted by atomic mass is 9.96. The Morgan fingerprint density at radius 3 is 2.46 bits per heavy atom. The molecule has 2 aromatic heterocycles. The van der Waals surface area contributed by atoms with Crippen LogP contribution in [0.5, 0.6) is 5.75 Å². The molecule has 0 amide bonds. The van der Waals surface area contributed by atoms with Crippen LogP contribution in [0.4, 0.5) is 24.0 Å². The number of carbonyl (C=O) groups is 1. The summed E-state index contributed by atoms with van der Waals surface area (Å²) in [5.41, 5.74) is 3.37. The number of carboxylic acid groups (broad SMARTS) is 1. The number of alkyl halides is 3. The van der Waals surface area contributed by atoms with Crippen LogP contribution >= 0.6 is 22.9 Å². The van der Waals surface area contributed by atoms with Crippen LogP contribution in [0.25, 0.3) is 10.4 Å². The highest BCUT2D eigenvalue weighted by Gasteiger charge is 2.38. The average Bonchev–Trinajstić information content (AvgIpc) is 3.25. The number of methoxy groups -OCH3 is 1. The zero-order valence-electron chi connectivity index (χ0n) is 21.4. The van der Waals surface area contributed by atoms with Crippen LogP contribution in [0.1, 0.15) is 43.4 Å². The predicted octanol–water partition coefficient (Wildman–Crippen LogP) is 7.00. The zero-order valence-corrected chi connectivity index (χ0v) is 23.8. The summed E-state index contributed by atoms with van der Waals surface area (Å²) >= 11 is 7.64. The number of pyridine rings is 1. The van der Waals surface area contributed by atoms with Gasteiger partial charge >= 0.3 is 12.1 Å². The Bertz CT molecular complexity index is 1330. The zero-order chi connectivity index (χ0) is 28.7. The first-order valence-electron chi connectivity index (χ1n) is 11.9. The number of anilines is 2. The van der Waals surface area contributed by atoms with E-state index in [0.717, 1.165) is 26.8 Å². The third-order valence-electron chi connectivity index (χ3n) is 5.82. The van der Waals surface area contributed by atoms with Crippen molar-refractivity contribution in [2.75, 3.05) is 17.1 Å². The molecule has 14 heteroatoms. The lowest BCUT2D eigenvalue weighted by molar-refractivity contribution is -0.192. The van der Waals surface area contributed by atoms with E-state index in [1.54, 1.807) is 24.6 Å². The lowest BCUT2D eigenvalue weighted by Crippen LogP contribution is -2.21. The number of hydrogen-bond donors (Lipinski definition) is 3. The second kappa shape index (κ2) is 13.4. The molecule has 1 saturated carbocycles. The van der Waals surface area contributed by atoms with Crippen molar-refractivity contribution in [3.8, 4) is 16.2 Å². The van der Waals surface area contributed by atoms with Gasteiger partial charge < -0.3 is 15.2 Å². The molecular weight excluding hydrogens is 577 g/mol. The van der Waals surface area contributed by atoms with E-state index in [2.05, 4.69) is 15.0 Å². The van der Waals surface area contributed by atoms with Crippen LogP contribution < -0.4 is 14.8 Å². The Morgan fingerprint density at radius 1 is 1.21 bits per heavy atom. The number of aryl methyl sites for hydroxylation is 2. The van der Waals surface area contributed by atoms with Crippen molar-refractivity contribution < 1.29 is 32.0 Å². The molecular formula is C25H28ClF3N4O4S2. The molecule has 8 nitrogen and oxygen atoms in total. The van der Waals surface area contributed by atoms with Gasteiger partial charge in [0.25, 0.3) is 0 Å². The van der Waals surface area contributed by atoms with Gasteiger partial charge in [0.2, 0.25) is 0 Å². The molecule has 1 fully saturated rings. The number of ether oxygens (including phenoxy) is 1. The van der Waals surface area contributed by atoms with E-state index >= 15 is 0 Å². The van der Waals surface area contributed by atoms with Gasteiger partial charge in [-0.05, 0) is 62.1 Å². The topological polar surface area (TPSA) is 113 Å². The second-order valence-electron chi connectivity index (χ2n) is 8.78. The number of carboxylic acids is 1. The highest BCUT2D eigenvalue weighted by atomic mass is 35.5. The summed E-state index contributed by atoms with van der Waals surface area (Å²) in [7, 11) is 0.0375. The first-order valence-corrected chi connectivity index (χ1v) is 14.3. The highest BCUT2D eigenvalue weighted by molar-refractivity contribution is 7.86. The minimum absolute atomic E-state index is 0.430. The van der Waals surface area contributed by atoms with Gasteiger partial charge in [-0.1, -0.05) is 42.2 Å². The van der Waals surface area contributed by atoms with Crippen molar-refractivity contribution in [2.45, 2.75) is 63.1 Å². The molecule has 1 atom stereocenters. The Morgan fingerprint density at radius 2 is 1.87 bits per heavy atom. The molecule has 0 radical (unpaired) electrons. The monoisotopic (exact) mass is 604 g/mol. The van der Waals surface area contributed by atoms with Crippen molar-refractivity contribution in [1.82, 2.24) is 9.97 Å². The third kappa shape index (κ3) is 8.54. The molecule has 0 spiro atoms. The van der Waals surface area contributed by atoms with Crippen LogP contribution in [0.15, 0.2) is 35.4 Å². The average molecular weight is 605 g/mol. The van der Waals surface area contributed by atoms with Crippen molar-refractivity contribution in [3.63, 3.8) is 0 Å². The number of nitrogens with one attached hydrogen (secondary N) is 2. The molecule has 3 N–H and O–H groups in total. The quantitative estimate of drug-likeness (QED) is 0.249. The van der Waals surface area contributed by atoms with Gasteiger partial charge in [0, 0.05) is 6.04 Å². The van der Waals surface area contributed by atoms with Crippen molar-refractivity contribution in [2.24, 2.45) is 0 Å². The lowest BCUT2D eigenvalue weighted by Gasteiger charge is -2.22. The molecule has 3 aromatic rings. The van der Waals surface area contributed by atoms with Crippen LogP contribution in [-0.2, 0) is 15.8 Å². The molecule has 212 valence electrons. The Hall–Kier alpha value is -2.90. The summed E-state index contributed by atoms with van der Waals surface area (Å²) in [4.78, 5) is 19.4. The molecule has 39 heavy (non-hydrogen) atoms. The van der Waals surface area contributed by atoms with Crippen molar-refractivity contribution in [3.05, 3.63) is 46.9 Å². The molecule has 0 bridgehead atoms. The molecule has 1 aliphatic rings. The summed E-state index contributed by atoms with van der Waals surface area (Å²) in [5, 5.41) is 12.1. The Labute approximate surface area is 235 Å².